The van der Waals surface area contributed by atoms with Gasteiger partial charge in [0.15, 0.2) is 0 Å². The van der Waals surface area contributed by atoms with E-state index in [2.05, 4.69) is 0 Å². The number of carboxylic acid groups (broad SMARTS) is 1. The van der Waals surface area contributed by atoms with E-state index in [1.54, 1.807) is 12.1 Å². The van der Waals surface area contributed by atoms with Gasteiger partial charge in [0.25, 0.3) is 0 Å². The molecule has 1 rings (SSSR count). The predicted octanol–water partition coefficient (Wildman–Crippen LogP) is 3.52. The van der Waals surface area contributed by atoms with Gasteiger partial charge in [0.1, 0.15) is 0 Å². The van der Waals surface area contributed by atoms with Gasteiger partial charge in [-0.2, -0.15) is 0 Å². The maximum Gasteiger partial charge on any atom is 0.335 e. The van der Waals surface area contributed by atoms with Gasteiger partial charge in [0.2, 0.25) is 5.92 Å². The maximum absolute atomic E-state index is 12.5. The normalized spacial score (nSPS) is 11.4. The SMILES string of the molecule is CC(F)(F)CCSc1ccc(C(=O)O)cc1. The lowest BCUT2D eigenvalue weighted by atomic mass is 10.2. The Kier molecular flexibility index (Phi) is 4.29. The molecular weight excluding hydrogens is 234 g/mol. The van der Waals surface area contributed by atoms with Gasteiger partial charge in [-0.05, 0) is 31.2 Å². The zero-order valence-electron chi connectivity index (χ0n) is 8.74. The van der Waals surface area contributed by atoms with Crippen molar-refractivity contribution in [1.29, 1.82) is 0 Å². The summed E-state index contributed by atoms with van der Waals surface area (Å²) in [4.78, 5) is 11.4. The summed E-state index contributed by atoms with van der Waals surface area (Å²) in [5.41, 5.74) is 0.199. The minimum absolute atomic E-state index is 0.182. The van der Waals surface area contributed by atoms with Crippen molar-refractivity contribution >= 4 is 17.7 Å². The zero-order chi connectivity index (χ0) is 12.2. The smallest absolute Gasteiger partial charge is 0.335 e. The zero-order valence-corrected chi connectivity index (χ0v) is 9.56. The summed E-state index contributed by atoms with van der Waals surface area (Å²) in [7, 11) is 0. The van der Waals surface area contributed by atoms with Gasteiger partial charge in [-0.15, -0.1) is 11.8 Å². The fourth-order valence-electron chi connectivity index (χ4n) is 1.04. The van der Waals surface area contributed by atoms with Crippen LogP contribution in [0.2, 0.25) is 0 Å². The van der Waals surface area contributed by atoms with Crippen LogP contribution in [0.4, 0.5) is 8.78 Å². The molecule has 1 aromatic carbocycles. The molecular formula is C11H12F2O2S. The number of halogens is 2. The Bertz CT molecular complexity index is 357. The highest BCUT2D eigenvalue weighted by Crippen LogP contribution is 2.24. The van der Waals surface area contributed by atoms with E-state index in [1.807, 2.05) is 0 Å². The van der Waals surface area contributed by atoms with Crippen molar-refractivity contribution in [2.24, 2.45) is 0 Å². The number of alkyl halides is 2. The fraction of sp³-hybridized carbons (Fsp3) is 0.364. The lowest BCUT2D eigenvalue weighted by molar-refractivity contribution is 0.0194. The van der Waals surface area contributed by atoms with E-state index in [-0.39, 0.29) is 12.0 Å². The number of thioether (sulfide) groups is 1. The third kappa shape index (κ3) is 4.61. The quantitative estimate of drug-likeness (QED) is 0.808. The van der Waals surface area contributed by atoms with E-state index in [4.69, 9.17) is 5.11 Å². The Morgan fingerprint density at radius 3 is 2.38 bits per heavy atom. The van der Waals surface area contributed by atoms with Crippen molar-refractivity contribution in [3.05, 3.63) is 29.8 Å². The topological polar surface area (TPSA) is 37.3 Å². The van der Waals surface area contributed by atoms with Crippen molar-refractivity contribution in [2.75, 3.05) is 5.75 Å². The lowest BCUT2D eigenvalue weighted by Gasteiger charge is -2.09. The van der Waals surface area contributed by atoms with Gasteiger partial charge in [0, 0.05) is 17.1 Å². The van der Waals surface area contributed by atoms with Crippen LogP contribution in [0.5, 0.6) is 0 Å². The molecule has 16 heavy (non-hydrogen) atoms. The summed E-state index contributed by atoms with van der Waals surface area (Å²) in [5.74, 6) is -3.32. The molecule has 1 N–H and O–H groups in total. The summed E-state index contributed by atoms with van der Waals surface area (Å²) < 4.78 is 25.0. The van der Waals surface area contributed by atoms with E-state index < -0.39 is 11.9 Å². The second-order valence-corrected chi connectivity index (χ2v) is 4.67. The molecule has 0 saturated carbocycles. The molecule has 2 nitrogen and oxygen atoms in total. The van der Waals surface area contributed by atoms with Gasteiger partial charge in [0.05, 0.1) is 5.56 Å². The Morgan fingerprint density at radius 1 is 1.38 bits per heavy atom. The molecule has 1 aromatic rings. The van der Waals surface area contributed by atoms with Gasteiger partial charge < -0.3 is 5.11 Å². The molecule has 0 spiro atoms. The number of aromatic carboxylic acids is 1. The summed E-state index contributed by atoms with van der Waals surface area (Å²) in [6.45, 7) is 0.890. The van der Waals surface area contributed by atoms with Crippen molar-refractivity contribution < 1.29 is 18.7 Å². The van der Waals surface area contributed by atoms with Crippen LogP contribution in [0.3, 0.4) is 0 Å². The summed E-state index contributed by atoms with van der Waals surface area (Å²) in [5, 5.41) is 8.65. The molecule has 0 aliphatic rings. The van der Waals surface area contributed by atoms with E-state index in [1.165, 1.54) is 23.9 Å². The van der Waals surface area contributed by atoms with E-state index in [0.29, 0.717) is 5.75 Å². The van der Waals surface area contributed by atoms with Crippen molar-refractivity contribution in [1.82, 2.24) is 0 Å². The first-order valence-electron chi connectivity index (χ1n) is 4.72. The second-order valence-electron chi connectivity index (χ2n) is 3.50. The minimum atomic E-state index is -2.64. The van der Waals surface area contributed by atoms with Crippen molar-refractivity contribution in [3.63, 3.8) is 0 Å². The molecule has 0 amide bonds. The molecule has 0 aromatic heterocycles. The summed E-state index contributed by atoms with van der Waals surface area (Å²) >= 11 is 1.29. The summed E-state index contributed by atoms with van der Waals surface area (Å²) in [6, 6.07) is 6.19. The number of rotatable bonds is 5. The molecule has 0 heterocycles. The first-order valence-corrected chi connectivity index (χ1v) is 5.71. The Labute approximate surface area is 96.7 Å². The van der Waals surface area contributed by atoms with Crippen LogP contribution in [-0.2, 0) is 0 Å². The standard InChI is InChI=1S/C11H12F2O2S/c1-11(12,13)6-7-16-9-4-2-8(3-5-9)10(14)15/h2-5H,6-7H2,1H3,(H,14,15). The Morgan fingerprint density at radius 2 is 1.94 bits per heavy atom. The molecule has 88 valence electrons. The molecule has 0 atom stereocenters. The van der Waals surface area contributed by atoms with E-state index >= 15 is 0 Å². The Hall–Kier alpha value is -1.10. The van der Waals surface area contributed by atoms with Crippen LogP contribution >= 0.6 is 11.8 Å². The average molecular weight is 246 g/mol. The van der Waals surface area contributed by atoms with Crippen LogP contribution in [0, 0.1) is 0 Å². The number of hydrogen-bond donors (Lipinski definition) is 1. The highest BCUT2D eigenvalue weighted by Gasteiger charge is 2.20. The maximum atomic E-state index is 12.5. The third-order valence-electron chi connectivity index (χ3n) is 1.91. The number of hydrogen-bond acceptors (Lipinski definition) is 2. The van der Waals surface area contributed by atoms with Crippen LogP contribution in [0.15, 0.2) is 29.2 Å². The average Bonchev–Trinajstić information content (AvgIpc) is 2.16. The molecule has 0 aliphatic carbocycles. The first-order chi connectivity index (χ1) is 7.38. The number of benzene rings is 1. The second kappa shape index (κ2) is 5.30. The first kappa shape index (κ1) is 13.0. The molecule has 0 fully saturated rings. The Balaban J connectivity index is 2.47. The predicted molar refractivity (Wildman–Crippen MR) is 59.4 cm³/mol. The lowest BCUT2D eigenvalue weighted by Crippen LogP contribution is -2.10. The highest BCUT2D eigenvalue weighted by molar-refractivity contribution is 7.99. The van der Waals surface area contributed by atoms with Crippen LogP contribution < -0.4 is 0 Å². The summed E-state index contributed by atoms with van der Waals surface area (Å²) in [6.07, 6.45) is -0.182. The largest absolute Gasteiger partial charge is 0.478 e. The molecule has 0 saturated heterocycles. The van der Waals surface area contributed by atoms with Gasteiger partial charge in [-0.25, -0.2) is 13.6 Å². The van der Waals surface area contributed by atoms with Crippen LogP contribution in [0.1, 0.15) is 23.7 Å². The van der Waals surface area contributed by atoms with Crippen molar-refractivity contribution in [3.8, 4) is 0 Å². The monoisotopic (exact) mass is 246 g/mol. The van der Waals surface area contributed by atoms with Crippen LogP contribution in [-0.4, -0.2) is 22.8 Å². The van der Waals surface area contributed by atoms with E-state index in [0.717, 1.165) is 11.8 Å². The third-order valence-corrected chi connectivity index (χ3v) is 2.92. The van der Waals surface area contributed by atoms with Crippen molar-refractivity contribution in [2.45, 2.75) is 24.2 Å². The number of carboxylic acids is 1. The molecule has 0 bridgehead atoms. The fourth-order valence-corrected chi connectivity index (χ4v) is 2.07. The van der Waals surface area contributed by atoms with Gasteiger partial charge in [-0.3, -0.25) is 0 Å². The number of carbonyl (C=O) groups is 1. The van der Waals surface area contributed by atoms with Crippen LogP contribution in [0.25, 0.3) is 0 Å². The highest BCUT2D eigenvalue weighted by atomic mass is 32.2. The molecule has 5 heteroatoms. The molecule has 0 aliphatic heterocycles. The molecule has 0 unspecified atom stereocenters. The van der Waals surface area contributed by atoms with E-state index in [9.17, 15) is 13.6 Å². The molecule has 0 radical (unpaired) electrons. The minimum Gasteiger partial charge on any atom is -0.478 e. The van der Waals surface area contributed by atoms with Gasteiger partial charge in [-0.1, -0.05) is 0 Å². The van der Waals surface area contributed by atoms with Gasteiger partial charge >= 0.3 is 5.97 Å².